The van der Waals surface area contributed by atoms with Gasteiger partial charge in [-0.05, 0) is 36.4 Å². The normalized spacial score (nSPS) is 17.0. The van der Waals surface area contributed by atoms with Crippen molar-refractivity contribution in [3.63, 3.8) is 0 Å². The fourth-order valence-electron chi connectivity index (χ4n) is 2.83. The lowest BCUT2D eigenvalue weighted by atomic mass is 10.1. The van der Waals surface area contributed by atoms with Gasteiger partial charge in [-0.3, -0.25) is 14.3 Å². The lowest BCUT2D eigenvalue weighted by molar-refractivity contribution is -0.141. The molecule has 1 atom stereocenters. The van der Waals surface area contributed by atoms with Gasteiger partial charge in [-0.2, -0.15) is 0 Å². The predicted molar refractivity (Wildman–Crippen MR) is 98.3 cm³/mol. The number of aliphatic carboxylic acids is 1. The average molecular weight is 390 g/mol. The fraction of sp³-hybridized carbons (Fsp3) is 0.222. The number of benzene rings is 2. The van der Waals surface area contributed by atoms with Gasteiger partial charge < -0.3 is 14.7 Å². The van der Waals surface area contributed by atoms with E-state index in [0.29, 0.717) is 17.1 Å². The summed E-state index contributed by atoms with van der Waals surface area (Å²) >= 11 is 0. The van der Waals surface area contributed by atoms with Crippen molar-refractivity contribution in [3.05, 3.63) is 48.5 Å². The minimum Gasteiger partial charge on any atom is -0.497 e. The molecule has 27 heavy (non-hydrogen) atoms. The van der Waals surface area contributed by atoms with Crippen LogP contribution < -0.4 is 14.4 Å². The summed E-state index contributed by atoms with van der Waals surface area (Å²) in [5.74, 6) is -1.55. The number of nitrogens with one attached hydrogen (secondary N) is 1. The highest BCUT2D eigenvalue weighted by Gasteiger charge is 2.35. The van der Waals surface area contributed by atoms with Crippen LogP contribution in [0.5, 0.6) is 5.75 Å². The Balaban J connectivity index is 1.78. The first-order valence-electron chi connectivity index (χ1n) is 8.10. The van der Waals surface area contributed by atoms with Crippen LogP contribution in [0.4, 0.5) is 11.4 Å². The molecular formula is C18H18N2O6S. The van der Waals surface area contributed by atoms with Gasteiger partial charge in [0.05, 0.1) is 23.6 Å². The highest BCUT2D eigenvalue weighted by atomic mass is 32.2. The molecule has 3 rings (SSSR count). The molecule has 1 heterocycles. The third kappa shape index (κ3) is 4.03. The molecule has 0 aromatic heterocycles. The number of hydrogen-bond donors (Lipinski definition) is 2. The fourth-order valence-corrected chi connectivity index (χ4v) is 3.88. The molecular weight excluding hydrogens is 372 g/mol. The number of rotatable bonds is 6. The van der Waals surface area contributed by atoms with Crippen molar-refractivity contribution in [2.45, 2.75) is 11.3 Å². The van der Waals surface area contributed by atoms with Crippen LogP contribution in [-0.2, 0) is 19.6 Å². The van der Waals surface area contributed by atoms with Crippen LogP contribution in [0.2, 0.25) is 0 Å². The SMILES string of the molecule is COc1cccc(NS(=O)(=O)c2ccc(N3C[C@H](C(=O)O)CC3=O)cc2)c1. The molecule has 0 radical (unpaired) electrons. The molecule has 9 heteroatoms. The van der Waals surface area contributed by atoms with E-state index in [1.807, 2.05) is 0 Å². The lowest BCUT2D eigenvalue weighted by Gasteiger charge is -2.16. The van der Waals surface area contributed by atoms with E-state index in [-0.39, 0.29) is 23.8 Å². The second-order valence-corrected chi connectivity index (χ2v) is 7.76. The van der Waals surface area contributed by atoms with E-state index in [1.54, 1.807) is 24.3 Å². The highest BCUT2D eigenvalue weighted by molar-refractivity contribution is 7.92. The smallest absolute Gasteiger partial charge is 0.308 e. The van der Waals surface area contributed by atoms with Crippen LogP contribution in [0.15, 0.2) is 53.4 Å². The molecule has 1 aliphatic rings. The second-order valence-electron chi connectivity index (χ2n) is 6.07. The van der Waals surface area contributed by atoms with Crippen LogP contribution in [0.3, 0.4) is 0 Å². The van der Waals surface area contributed by atoms with Gasteiger partial charge in [0.15, 0.2) is 0 Å². The Bertz CT molecular complexity index is 972. The van der Waals surface area contributed by atoms with Gasteiger partial charge in [-0.25, -0.2) is 8.42 Å². The average Bonchev–Trinajstić information content (AvgIpc) is 3.04. The van der Waals surface area contributed by atoms with Crippen LogP contribution in [0.25, 0.3) is 0 Å². The third-order valence-corrected chi connectivity index (χ3v) is 5.65. The van der Waals surface area contributed by atoms with Crippen molar-refractivity contribution in [3.8, 4) is 5.75 Å². The van der Waals surface area contributed by atoms with Gasteiger partial charge in [-0.1, -0.05) is 6.07 Å². The van der Waals surface area contributed by atoms with Gasteiger partial charge in [0.2, 0.25) is 5.91 Å². The number of amides is 1. The number of carbonyl (C=O) groups is 2. The van der Waals surface area contributed by atoms with Gasteiger partial charge in [-0.15, -0.1) is 0 Å². The number of anilines is 2. The zero-order valence-electron chi connectivity index (χ0n) is 14.5. The highest BCUT2D eigenvalue weighted by Crippen LogP contribution is 2.27. The summed E-state index contributed by atoms with van der Waals surface area (Å²) in [4.78, 5) is 24.4. The maximum Gasteiger partial charge on any atom is 0.308 e. The summed E-state index contributed by atoms with van der Waals surface area (Å²) in [6, 6.07) is 12.2. The van der Waals surface area contributed by atoms with E-state index in [4.69, 9.17) is 9.84 Å². The molecule has 0 bridgehead atoms. The van der Waals surface area contributed by atoms with Crippen molar-refractivity contribution in [2.24, 2.45) is 5.92 Å². The topological polar surface area (TPSA) is 113 Å². The van der Waals surface area contributed by atoms with Gasteiger partial charge in [0.1, 0.15) is 5.75 Å². The quantitative estimate of drug-likeness (QED) is 0.779. The van der Waals surface area contributed by atoms with Crippen molar-refractivity contribution in [2.75, 3.05) is 23.3 Å². The molecule has 8 nitrogen and oxygen atoms in total. The summed E-state index contributed by atoms with van der Waals surface area (Å²) in [5, 5.41) is 9.05. The molecule has 2 aromatic carbocycles. The zero-order chi connectivity index (χ0) is 19.6. The molecule has 1 saturated heterocycles. The van der Waals surface area contributed by atoms with Crippen LogP contribution in [-0.4, -0.2) is 39.1 Å². The number of nitrogens with zero attached hydrogens (tertiary/aromatic N) is 1. The first-order valence-corrected chi connectivity index (χ1v) is 9.58. The zero-order valence-corrected chi connectivity index (χ0v) is 15.3. The molecule has 0 aliphatic carbocycles. The number of hydrogen-bond acceptors (Lipinski definition) is 5. The maximum atomic E-state index is 12.5. The van der Waals surface area contributed by atoms with Crippen LogP contribution >= 0.6 is 0 Å². The number of carbonyl (C=O) groups excluding carboxylic acids is 1. The van der Waals surface area contributed by atoms with Crippen molar-refractivity contribution in [1.29, 1.82) is 0 Å². The number of carboxylic acids is 1. The predicted octanol–water partition coefficient (Wildman–Crippen LogP) is 1.93. The van der Waals surface area contributed by atoms with Crippen LogP contribution in [0, 0.1) is 5.92 Å². The Hall–Kier alpha value is -3.07. The van der Waals surface area contributed by atoms with Gasteiger partial charge in [0, 0.05) is 24.7 Å². The minimum atomic E-state index is -3.82. The van der Waals surface area contributed by atoms with Crippen molar-refractivity contribution in [1.82, 2.24) is 0 Å². The Labute approximate surface area is 156 Å². The summed E-state index contributed by atoms with van der Waals surface area (Å²) in [6.45, 7) is 0.0717. The summed E-state index contributed by atoms with van der Waals surface area (Å²) in [6.07, 6.45) is -0.0627. The van der Waals surface area contributed by atoms with E-state index in [9.17, 15) is 18.0 Å². The molecule has 0 spiro atoms. The van der Waals surface area contributed by atoms with E-state index >= 15 is 0 Å². The van der Waals surface area contributed by atoms with E-state index in [1.165, 1.54) is 36.3 Å². The number of carboxylic acid groups (broad SMARTS) is 1. The first kappa shape index (κ1) is 18.7. The van der Waals surface area contributed by atoms with Crippen molar-refractivity contribution >= 4 is 33.3 Å². The standard InChI is InChI=1S/C18H18N2O6S/c1-26-15-4-2-3-13(10-15)19-27(24,25)16-7-5-14(6-8-16)20-11-12(18(22)23)9-17(20)21/h2-8,10,12,19H,9,11H2,1H3,(H,22,23)/t12-/m1/s1. The molecule has 1 fully saturated rings. The molecule has 1 amide bonds. The number of methoxy groups -OCH3 is 1. The molecule has 142 valence electrons. The number of sulfonamides is 1. The Morgan fingerprint density at radius 1 is 1.22 bits per heavy atom. The van der Waals surface area contributed by atoms with Gasteiger partial charge >= 0.3 is 5.97 Å². The van der Waals surface area contributed by atoms with E-state index in [0.717, 1.165) is 0 Å². The Morgan fingerprint density at radius 2 is 1.93 bits per heavy atom. The third-order valence-electron chi connectivity index (χ3n) is 4.25. The Morgan fingerprint density at radius 3 is 2.52 bits per heavy atom. The largest absolute Gasteiger partial charge is 0.497 e. The second kappa shape index (κ2) is 7.28. The number of ether oxygens (including phenoxy) is 1. The van der Waals surface area contributed by atoms with Gasteiger partial charge in [0.25, 0.3) is 10.0 Å². The monoisotopic (exact) mass is 390 g/mol. The first-order chi connectivity index (χ1) is 12.8. The minimum absolute atomic E-state index is 0.0236. The molecule has 0 saturated carbocycles. The summed E-state index contributed by atoms with van der Waals surface area (Å²) in [7, 11) is -2.33. The molecule has 1 aliphatic heterocycles. The molecule has 0 unspecified atom stereocenters. The van der Waals surface area contributed by atoms with Crippen LogP contribution in [0.1, 0.15) is 6.42 Å². The van der Waals surface area contributed by atoms with Crippen molar-refractivity contribution < 1.29 is 27.9 Å². The lowest BCUT2D eigenvalue weighted by Crippen LogP contribution is -2.25. The summed E-state index contributed by atoms with van der Waals surface area (Å²) < 4.78 is 32.6. The maximum absolute atomic E-state index is 12.5. The van der Waals surface area contributed by atoms with E-state index < -0.39 is 21.9 Å². The Kier molecular flexibility index (Phi) is 5.04. The molecule has 2 aromatic rings. The molecule has 2 N–H and O–H groups in total. The summed E-state index contributed by atoms with van der Waals surface area (Å²) in [5.41, 5.74) is 0.821. The van der Waals surface area contributed by atoms with E-state index in [2.05, 4.69) is 4.72 Å².